The third-order valence-electron chi connectivity index (χ3n) is 4.40. The molecule has 0 unspecified atom stereocenters. The first-order valence-corrected chi connectivity index (χ1v) is 8.22. The van der Waals surface area contributed by atoms with Crippen molar-refractivity contribution in [3.05, 3.63) is 76.6 Å². The van der Waals surface area contributed by atoms with E-state index in [1.807, 2.05) is 13.0 Å². The van der Waals surface area contributed by atoms with Crippen LogP contribution in [0.5, 0.6) is 0 Å². The third-order valence-corrected chi connectivity index (χ3v) is 5.02. The predicted octanol–water partition coefficient (Wildman–Crippen LogP) is 2.75. The Balaban J connectivity index is 2.73. The first kappa shape index (κ1) is 15.0. The van der Waals surface area contributed by atoms with Gasteiger partial charge in [-0.1, -0.05) is 24.3 Å². The Bertz CT molecular complexity index is 1370. The maximum atomic E-state index is 13.0. The molecule has 24 heavy (non-hydrogen) atoms. The Hall–Kier alpha value is -2.53. The maximum absolute atomic E-state index is 13.0. The first-order valence-electron chi connectivity index (χ1n) is 7.42. The highest BCUT2D eigenvalue weighted by molar-refractivity contribution is 9.10. The second-order valence-electron chi connectivity index (χ2n) is 5.90. The molecule has 1 aliphatic heterocycles. The summed E-state index contributed by atoms with van der Waals surface area (Å²) < 4.78 is 0.662. The summed E-state index contributed by atoms with van der Waals surface area (Å²) in [5.74, 6) is -0.0999. The van der Waals surface area contributed by atoms with Crippen LogP contribution in [0.15, 0.2) is 44.4 Å². The van der Waals surface area contributed by atoms with Crippen LogP contribution in [0.25, 0.3) is 27.4 Å². The van der Waals surface area contributed by atoms with Crippen LogP contribution in [0.1, 0.15) is 12.5 Å². The minimum absolute atomic E-state index is 0.0999. The van der Waals surface area contributed by atoms with Gasteiger partial charge in [0.15, 0.2) is 5.43 Å². The van der Waals surface area contributed by atoms with Gasteiger partial charge in [-0.2, -0.15) is 0 Å². The second kappa shape index (κ2) is 4.98. The van der Waals surface area contributed by atoms with Gasteiger partial charge >= 0.3 is 0 Å². The van der Waals surface area contributed by atoms with Gasteiger partial charge in [0.1, 0.15) is 5.76 Å². The Morgan fingerprint density at radius 2 is 1.79 bits per heavy atom. The topological polar surface area (TPSA) is 67.3 Å². The first-order chi connectivity index (χ1) is 11.4. The monoisotopic (exact) mass is 381 g/mol. The van der Waals surface area contributed by atoms with Crippen molar-refractivity contribution in [2.24, 2.45) is 0 Å². The summed E-state index contributed by atoms with van der Waals surface area (Å²) in [5, 5.41) is 13.1. The molecular formula is C19H12BrNO3. The number of aromatic nitrogens is 1. The lowest BCUT2D eigenvalue weighted by molar-refractivity contribution is 0.498. The molecule has 2 aliphatic rings. The molecule has 2 aromatic rings. The van der Waals surface area contributed by atoms with Crippen LogP contribution in [-0.2, 0) is 0 Å². The zero-order valence-corrected chi connectivity index (χ0v) is 14.6. The number of halogens is 1. The van der Waals surface area contributed by atoms with Gasteiger partial charge < -0.3 is 5.11 Å². The predicted molar refractivity (Wildman–Crippen MR) is 97.6 cm³/mol. The normalized spacial score (nSPS) is 13.1. The highest BCUT2D eigenvalue weighted by atomic mass is 79.9. The van der Waals surface area contributed by atoms with Gasteiger partial charge in [0, 0.05) is 25.7 Å². The summed E-state index contributed by atoms with van der Waals surface area (Å²) in [7, 11) is 0. The largest absolute Gasteiger partial charge is 0.512 e. The third kappa shape index (κ3) is 1.82. The molecule has 4 rings (SSSR count). The van der Waals surface area contributed by atoms with Crippen LogP contribution >= 0.6 is 15.9 Å². The summed E-state index contributed by atoms with van der Waals surface area (Å²) in [6.07, 6.45) is 0. The van der Waals surface area contributed by atoms with Crippen molar-refractivity contribution in [3.8, 4) is 0 Å². The maximum Gasteiger partial charge on any atom is 0.281 e. The zero-order valence-electron chi connectivity index (χ0n) is 13.0. The van der Waals surface area contributed by atoms with Crippen LogP contribution in [0.4, 0.5) is 0 Å². The molecule has 118 valence electrons. The Morgan fingerprint density at radius 1 is 1.12 bits per heavy atom. The average Bonchev–Trinajstić information content (AvgIpc) is 2.53. The number of aliphatic hydroxyl groups is 1. The van der Waals surface area contributed by atoms with Gasteiger partial charge in [0.25, 0.3) is 5.56 Å². The van der Waals surface area contributed by atoms with Crippen molar-refractivity contribution in [3.63, 3.8) is 0 Å². The van der Waals surface area contributed by atoms with Crippen molar-refractivity contribution in [1.82, 2.24) is 4.98 Å². The number of benzene rings is 2. The van der Waals surface area contributed by atoms with Gasteiger partial charge in [-0.15, -0.1) is 0 Å². The van der Waals surface area contributed by atoms with Crippen LogP contribution < -0.4 is 16.2 Å². The Labute approximate surface area is 144 Å². The lowest BCUT2D eigenvalue weighted by Gasteiger charge is -2.09. The van der Waals surface area contributed by atoms with Crippen molar-refractivity contribution >= 4 is 43.4 Å². The molecule has 1 N–H and O–H groups in total. The summed E-state index contributed by atoms with van der Waals surface area (Å²) in [6, 6.07) is 8.94. The highest BCUT2D eigenvalue weighted by Crippen LogP contribution is 2.26. The lowest BCUT2D eigenvalue weighted by Crippen LogP contribution is -2.32. The van der Waals surface area contributed by atoms with Gasteiger partial charge in [-0.05, 0) is 46.8 Å². The molecule has 0 bridgehead atoms. The standard InChI is InChI=1S/C19H12BrNO3/c1-8-7-12(20)15-16-14(10-5-3-4-6-11(10)18(15)23)13(9(2)22)19(24)21-17(8)16/h3-7,22H,1-2H3. The summed E-state index contributed by atoms with van der Waals surface area (Å²) in [5.41, 5.74) is 0.698. The van der Waals surface area contributed by atoms with Gasteiger partial charge in [-0.3, -0.25) is 9.59 Å². The summed E-state index contributed by atoms with van der Waals surface area (Å²) in [6.45, 7) is 3.31. The van der Waals surface area contributed by atoms with E-state index in [-0.39, 0.29) is 16.4 Å². The van der Waals surface area contributed by atoms with Crippen molar-refractivity contribution in [2.75, 3.05) is 0 Å². The summed E-state index contributed by atoms with van der Waals surface area (Å²) in [4.78, 5) is 29.7. The SMILES string of the molecule is CC(O)=c1c(=O)nc2c(C)cc(Br)c3c2=c1c1ccccc1c3=O. The number of fused-ring (bicyclic) bond motifs is 2. The van der Waals surface area contributed by atoms with Crippen molar-refractivity contribution < 1.29 is 5.11 Å². The van der Waals surface area contributed by atoms with Gasteiger partial charge in [0.05, 0.1) is 10.7 Å². The molecule has 0 fully saturated rings. The molecule has 0 saturated heterocycles. The quantitative estimate of drug-likeness (QED) is 0.508. The van der Waals surface area contributed by atoms with E-state index in [4.69, 9.17) is 0 Å². The smallest absolute Gasteiger partial charge is 0.281 e. The molecule has 0 spiro atoms. The van der Waals surface area contributed by atoms with E-state index < -0.39 is 5.56 Å². The van der Waals surface area contributed by atoms with E-state index >= 15 is 0 Å². The molecule has 0 radical (unpaired) electrons. The molecule has 5 heteroatoms. The van der Waals surface area contributed by atoms with E-state index in [2.05, 4.69) is 20.9 Å². The van der Waals surface area contributed by atoms with Crippen LogP contribution in [0, 0.1) is 17.4 Å². The van der Waals surface area contributed by atoms with E-state index in [0.717, 1.165) is 5.56 Å². The van der Waals surface area contributed by atoms with E-state index in [1.165, 1.54) is 6.92 Å². The van der Waals surface area contributed by atoms with Gasteiger partial charge in [-0.25, -0.2) is 4.98 Å². The van der Waals surface area contributed by atoms with E-state index in [1.54, 1.807) is 24.3 Å². The van der Waals surface area contributed by atoms with Crippen LogP contribution in [-0.4, -0.2) is 10.1 Å². The fourth-order valence-electron chi connectivity index (χ4n) is 3.40. The molecule has 2 aromatic carbocycles. The van der Waals surface area contributed by atoms with E-state index in [0.29, 0.717) is 36.6 Å². The molecule has 0 saturated carbocycles. The van der Waals surface area contributed by atoms with Crippen molar-refractivity contribution in [1.29, 1.82) is 0 Å². The number of nitrogens with zero attached hydrogens (tertiary/aromatic N) is 1. The number of hydrogen-bond acceptors (Lipinski definition) is 4. The van der Waals surface area contributed by atoms with Crippen LogP contribution in [0.2, 0.25) is 0 Å². The average molecular weight is 382 g/mol. The molecule has 0 atom stereocenters. The number of rotatable bonds is 0. The minimum Gasteiger partial charge on any atom is -0.512 e. The lowest BCUT2D eigenvalue weighted by atomic mass is 9.97. The summed E-state index contributed by atoms with van der Waals surface area (Å²) >= 11 is 3.47. The van der Waals surface area contributed by atoms with Crippen LogP contribution in [0.3, 0.4) is 0 Å². The van der Waals surface area contributed by atoms with Gasteiger partial charge in [0.2, 0.25) is 0 Å². The Kier molecular flexibility index (Phi) is 3.12. The number of hydrogen-bond donors (Lipinski definition) is 1. The number of aliphatic hydroxyl groups excluding tert-OH is 1. The zero-order chi connectivity index (χ0) is 17.2. The second-order valence-corrected chi connectivity index (χ2v) is 6.76. The minimum atomic E-state index is -0.488. The molecule has 0 amide bonds. The molecule has 1 heterocycles. The molecule has 1 aliphatic carbocycles. The molecular weight excluding hydrogens is 370 g/mol. The fraction of sp³-hybridized carbons (Fsp3) is 0.105. The van der Waals surface area contributed by atoms with Crippen molar-refractivity contribution in [2.45, 2.75) is 13.8 Å². The fourth-order valence-corrected chi connectivity index (χ4v) is 4.12. The number of aryl methyl sites for hydroxylation is 1. The molecule has 0 aromatic heterocycles. The highest BCUT2D eigenvalue weighted by Gasteiger charge is 2.17. The Morgan fingerprint density at radius 3 is 2.46 bits per heavy atom. The molecule has 4 nitrogen and oxygen atoms in total. The van der Waals surface area contributed by atoms with E-state index in [9.17, 15) is 14.7 Å².